The fourth-order valence-corrected chi connectivity index (χ4v) is 1.72. The van der Waals surface area contributed by atoms with Gasteiger partial charge in [-0.05, 0) is 39.8 Å². The molecule has 1 aliphatic rings. The van der Waals surface area contributed by atoms with Crippen LogP contribution in [0.25, 0.3) is 0 Å². The maximum atomic E-state index is 5.33. The van der Waals surface area contributed by atoms with Crippen molar-refractivity contribution in [3.8, 4) is 0 Å². The van der Waals surface area contributed by atoms with Gasteiger partial charge in [0.2, 0.25) is 0 Å². The van der Waals surface area contributed by atoms with Crippen molar-refractivity contribution in [2.45, 2.75) is 33.4 Å². The molecule has 0 aromatic heterocycles. The van der Waals surface area contributed by atoms with Crippen LogP contribution in [0.2, 0.25) is 0 Å². The van der Waals surface area contributed by atoms with Crippen LogP contribution < -0.4 is 5.48 Å². The Hall–Kier alpha value is -1.35. The van der Waals surface area contributed by atoms with Gasteiger partial charge in [-0.15, -0.1) is 0 Å². The predicted octanol–water partition coefficient (Wildman–Crippen LogP) is 2.32. The van der Waals surface area contributed by atoms with E-state index in [1.807, 2.05) is 13.8 Å². The van der Waals surface area contributed by atoms with Crippen LogP contribution in [0.5, 0.6) is 0 Å². The van der Waals surface area contributed by atoms with E-state index in [0.717, 1.165) is 11.4 Å². The molecule has 0 saturated heterocycles. The molecule has 1 aromatic rings. The first-order valence-electron chi connectivity index (χ1n) is 5.09. The number of hydrogen-bond acceptors (Lipinski definition) is 3. The van der Waals surface area contributed by atoms with Crippen LogP contribution >= 0.6 is 0 Å². The van der Waals surface area contributed by atoms with Gasteiger partial charge in [-0.25, -0.2) is 15.3 Å². The summed E-state index contributed by atoms with van der Waals surface area (Å²) < 4.78 is 0. The summed E-state index contributed by atoms with van der Waals surface area (Å²) in [6, 6.07) is 6.35. The smallest absolute Gasteiger partial charge is 0.182 e. The summed E-state index contributed by atoms with van der Waals surface area (Å²) in [6.45, 7) is 8.02. The third kappa shape index (κ3) is 2.18. The Bertz CT molecular complexity index is 401. The second-order valence-corrected chi connectivity index (χ2v) is 4.49. The molecule has 0 spiro atoms. The summed E-state index contributed by atoms with van der Waals surface area (Å²) in [4.78, 5) is 9.79. The molecule has 1 N–H and O–H groups in total. The number of aliphatic imine (C=N–C) groups is 1. The molecule has 0 bridgehead atoms. The van der Waals surface area contributed by atoms with Gasteiger partial charge in [0.1, 0.15) is 0 Å². The number of hydrogen-bond donors (Lipinski definition) is 1. The molecule has 0 saturated carbocycles. The summed E-state index contributed by atoms with van der Waals surface area (Å²) in [7, 11) is 0. The molecule has 80 valence electrons. The number of benzene rings is 1. The van der Waals surface area contributed by atoms with Gasteiger partial charge >= 0.3 is 0 Å². The average molecular weight is 204 g/mol. The van der Waals surface area contributed by atoms with Crippen LogP contribution in [0.4, 0.5) is 0 Å². The van der Waals surface area contributed by atoms with Crippen molar-refractivity contribution in [3.05, 3.63) is 34.9 Å². The Labute approximate surface area is 90.1 Å². The minimum atomic E-state index is -0.465. The van der Waals surface area contributed by atoms with Crippen LogP contribution in [-0.4, -0.2) is 11.6 Å². The zero-order valence-corrected chi connectivity index (χ0v) is 9.59. The second-order valence-electron chi connectivity index (χ2n) is 4.49. The quantitative estimate of drug-likeness (QED) is 0.761. The van der Waals surface area contributed by atoms with E-state index in [0.29, 0.717) is 0 Å². The van der Waals surface area contributed by atoms with Crippen molar-refractivity contribution in [1.82, 2.24) is 5.48 Å². The van der Waals surface area contributed by atoms with E-state index in [4.69, 9.17) is 4.84 Å². The Morgan fingerprint density at radius 3 is 2.20 bits per heavy atom. The van der Waals surface area contributed by atoms with Crippen LogP contribution in [0, 0.1) is 13.8 Å². The molecule has 1 heterocycles. The highest BCUT2D eigenvalue weighted by Crippen LogP contribution is 2.18. The highest BCUT2D eigenvalue weighted by atomic mass is 16.7. The summed E-state index contributed by atoms with van der Waals surface area (Å²) >= 11 is 0. The van der Waals surface area contributed by atoms with Gasteiger partial charge in [0.25, 0.3) is 0 Å². The van der Waals surface area contributed by atoms with E-state index >= 15 is 0 Å². The molecule has 15 heavy (non-hydrogen) atoms. The fraction of sp³-hybridized carbons (Fsp3) is 0.417. The largest absolute Gasteiger partial charge is 0.246 e. The molecule has 3 heteroatoms. The Morgan fingerprint density at radius 2 is 1.73 bits per heavy atom. The van der Waals surface area contributed by atoms with E-state index in [1.54, 1.807) is 0 Å². The van der Waals surface area contributed by atoms with Crippen molar-refractivity contribution < 1.29 is 4.84 Å². The number of amidine groups is 1. The molecule has 0 radical (unpaired) electrons. The van der Waals surface area contributed by atoms with Crippen LogP contribution in [0.3, 0.4) is 0 Å². The zero-order valence-electron chi connectivity index (χ0n) is 9.59. The number of rotatable bonds is 1. The molecule has 0 atom stereocenters. The lowest BCUT2D eigenvalue weighted by Gasteiger charge is -2.09. The summed E-state index contributed by atoms with van der Waals surface area (Å²) in [6.07, 6.45) is 0. The third-order valence-corrected chi connectivity index (χ3v) is 2.27. The van der Waals surface area contributed by atoms with E-state index in [-0.39, 0.29) is 0 Å². The molecule has 1 aliphatic heterocycles. The average Bonchev–Trinajstić information content (AvgIpc) is 2.44. The Kier molecular flexibility index (Phi) is 2.27. The molecular formula is C12H16N2O. The maximum Gasteiger partial charge on any atom is 0.182 e. The molecule has 0 fully saturated rings. The van der Waals surface area contributed by atoms with Gasteiger partial charge in [-0.3, -0.25) is 0 Å². The molecular weight excluding hydrogens is 188 g/mol. The first-order chi connectivity index (χ1) is 6.96. The highest BCUT2D eigenvalue weighted by Gasteiger charge is 2.26. The van der Waals surface area contributed by atoms with Crippen molar-refractivity contribution in [1.29, 1.82) is 0 Å². The van der Waals surface area contributed by atoms with Crippen LogP contribution in [-0.2, 0) is 4.84 Å². The number of nitrogens with one attached hydrogen (secondary N) is 1. The van der Waals surface area contributed by atoms with Crippen molar-refractivity contribution in [2.75, 3.05) is 0 Å². The summed E-state index contributed by atoms with van der Waals surface area (Å²) in [5.74, 6) is 0.812. The van der Waals surface area contributed by atoms with Gasteiger partial charge in [-0.1, -0.05) is 17.2 Å². The minimum absolute atomic E-state index is 0.465. The Balaban J connectivity index is 2.39. The summed E-state index contributed by atoms with van der Waals surface area (Å²) in [5.41, 5.74) is 5.95. The van der Waals surface area contributed by atoms with E-state index in [2.05, 4.69) is 42.5 Å². The number of nitrogens with zero attached hydrogens (tertiary/aromatic N) is 1. The van der Waals surface area contributed by atoms with E-state index < -0.39 is 5.72 Å². The Morgan fingerprint density at radius 1 is 1.13 bits per heavy atom. The third-order valence-electron chi connectivity index (χ3n) is 2.27. The normalized spacial score (nSPS) is 18.5. The highest BCUT2D eigenvalue weighted by molar-refractivity contribution is 5.99. The van der Waals surface area contributed by atoms with Crippen LogP contribution in [0.1, 0.15) is 30.5 Å². The van der Waals surface area contributed by atoms with Gasteiger partial charge in [-0.2, -0.15) is 0 Å². The molecule has 0 unspecified atom stereocenters. The predicted molar refractivity (Wildman–Crippen MR) is 60.8 cm³/mol. The van der Waals surface area contributed by atoms with Crippen molar-refractivity contribution in [2.24, 2.45) is 4.99 Å². The SMILES string of the molecule is Cc1cc(C)cc(C2=NC(C)(C)ON2)c1. The minimum Gasteiger partial charge on any atom is -0.246 e. The van der Waals surface area contributed by atoms with Gasteiger partial charge in [0.15, 0.2) is 11.6 Å². The lowest BCUT2D eigenvalue weighted by Crippen LogP contribution is -2.23. The molecule has 3 nitrogen and oxygen atoms in total. The second kappa shape index (κ2) is 3.35. The standard InChI is InChI=1S/C12H16N2O/c1-8-5-9(2)7-10(6-8)11-13-12(3,4)15-14-11/h5-7H,1-4H3,(H,13,14). The van der Waals surface area contributed by atoms with Gasteiger partial charge in [0.05, 0.1) is 0 Å². The molecule has 1 aromatic carbocycles. The molecule has 0 amide bonds. The van der Waals surface area contributed by atoms with Crippen molar-refractivity contribution in [3.63, 3.8) is 0 Å². The van der Waals surface area contributed by atoms with Gasteiger partial charge in [0, 0.05) is 5.56 Å². The summed E-state index contributed by atoms with van der Waals surface area (Å²) in [5, 5.41) is 0. The number of aryl methyl sites for hydroxylation is 2. The zero-order chi connectivity index (χ0) is 11.1. The maximum absolute atomic E-state index is 5.33. The lowest BCUT2D eigenvalue weighted by atomic mass is 10.1. The van der Waals surface area contributed by atoms with Crippen molar-refractivity contribution >= 4 is 5.84 Å². The van der Waals surface area contributed by atoms with E-state index in [9.17, 15) is 0 Å². The topological polar surface area (TPSA) is 33.6 Å². The molecule has 0 aliphatic carbocycles. The molecule has 2 rings (SSSR count). The fourth-order valence-electron chi connectivity index (χ4n) is 1.72. The van der Waals surface area contributed by atoms with Gasteiger partial charge < -0.3 is 0 Å². The lowest BCUT2D eigenvalue weighted by molar-refractivity contribution is -0.0269. The van der Waals surface area contributed by atoms with Crippen LogP contribution in [0.15, 0.2) is 23.2 Å². The first kappa shape index (κ1) is 10.2. The monoisotopic (exact) mass is 204 g/mol. The number of hydroxylamine groups is 1. The first-order valence-corrected chi connectivity index (χ1v) is 5.09. The van der Waals surface area contributed by atoms with E-state index in [1.165, 1.54) is 11.1 Å².